The summed E-state index contributed by atoms with van der Waals surface area (Å²) in [6.45, 7) is 3.91. The molecule has 0 unspecified atom stereocenters. The molecule has 1 saturated heterocycles. The molecule has 0 saturated carbocycles. The number of thioether (sulfide) groups is 1. The van der Waals surface area contributed by atoms with Crippen molar-refractivity contribution in [2.45, 2.75) is 26.2 Å². The van der Waals surface area contributed by atoms with E-state index in [1.165, 1.54) is 18.2 Å². The molecule has 0 radical (unpaired) electrons. The van der Waals surface area contributed by atoms with Crippen LogP contribution in [0.4, 0.5) is 0 Å². The molecule has 3 rings (SSSR count). The zero-order chi connectivity index (χ0) is 15.7. The van der Waals surface area contributed by atoms with Crippen LogP contribution >= 0.6 is 11.8 Å². The molecule has 6 heteroatoms. The van der Waals surface area contributed by atoms with Crippen molar-refractivity contribution in [2.24, 2.45) is 12.0 Å². The number of nitrogens with zero attached hydrogens (tertiary/aromatic N) is 4. The number of amidine groups is 1. The lowest BCUT2D eigenvalue weighted by molar-refractivity contribution is -0.113. The van der Waals surface area contributed by atoms with Gasteiger partial charge in [0.15, 0.2) is 5.17 Å². The minimum Gasteiger partial charge on any atom is -0.351 e. The molecule has 2 aliphatic heterocycles. The molecular weight excluding hydrogens is 296 g/mol. The standard InChI is InChI=1S/C16H18N4OS/c1-11-12(8-13(10-17)19(11)2)9-14-15(21)18-16(22-14)20-6-4-3-5-7-20/h8-9H,3-7H2,1-2H3/b14-9+. The summed E-state index contributed by atoms with van der Waals surface area (Å²) in [6, 6.07) is 3.97. The fraction of sp³-hybridized carbons (Fsp3) is 0.438. The second kappa shape index (κ2) is 6.01. The number of piperidine rings is 1. The van der Waals surface area contributed by atoms with E-state index in [1.54, 1.807) is 0 Å². The molecule has 3 heterocycles. The summed E-state index contributed by atoms with van der Waals surface area (Å²) in [4.78, 5) is 19.2. The zero-order valence-corrected chi connectivity index (χ0v) is 13.6. The number of amides is 1. The summed E-state index contributed by atoms with van der Waals surface area (Å²) < 4.78 is 1.84. The molecule has 1 amide bonds. The van der Waals surface area contributed by atoms with Gasteiger partial charge in [0, 0.05) is 25.8 Å². The summed E-state index contributed by atoms with van der Waals surface area (Å²) in [5.74, 6) is -0.174. The molecule has 22 heavy (non-hydrogen) atoms. The number of aliphatic imine (C=N–C) groups is 1. The summed E-state index contributed by atoms with van der Waals surface area (Å²) >= 11 is 1.45. The van der Waals surface area contributed by atoms with Crippen LogP contribution in [0.15, 0.2) is 16.0 Å². The molecule has 2 aliphatic rings. The maximum absolute atomic E-state index is 12.1. The van der Waals surface area contributed by atoms with Crippen molar-refractivity contribution in [3.05, 3.63) is 27.9 Å². The monoisotopic (exact) mass is 314 g/mol. The van der Waals surface area contributed by atoms with Crippen LogP contribution in [0.3, 0.4) is 0 Å². The molecule has 1 fully saturated rings. The smallest absolute Gasteiger partial charge is 0.286 e. The highest BCUT2D eigenvalue weighted by Gasteiger charge is 2.27. The highest BCUT2D eigenvalue weighted by atomic mass is 32.2. The van der Waals surface area contributed by atoms with E-state index in [0.717, 1.165) is 42.4 Å². The van der Waals surface area contributed by atoms with E-state index in [9.17, 15) is 4.79 Å². The molecule has 0 bridgehead atoms. The van der Waals surface area contributed by atoms with Crippen molar-refractivity contribution in [1.82, 2.24) is 9.47 Å². The summed E-state index contributed by atoms with van der Waals surface area (Å²) in [5, 5.41) is 9.91. The van der Waals surface area contributed by atoms with E-state index in [2.05, 4.69) is 16.0 Å². The predicted octanol–water partition coefficient (Wildman–Crippen LogP) is 2.66. The lowest BCUT2D eigenvalue weighted by atomic mass is 10.1. The van der Waals surface area contributed by atoms with Crippen molar-refractivity contribution in [2.75, 3.05) is 13.1 Å². The van der Waals surface area contributed by atoms with Crippen LogP contribution in [-0.4, -0.2) is 33.6 Å². The second-order valence-electron chi connectivity index (χ2n) is 5.60. The van der Waals surface area contributed by atoms with Gasteiger partial charge in [0.2, 0.25) is 0 Å². The maximum atomic E-state index is 12.1. The van der Waals surface area contributed by atoms with E-state index < -0.39 is 0 Å². The Kier molecular flexibility index (Phi) is 4.08. The number of carbonyl (C=O) groups is 1. The number of hydrogen-bond donors (Lipinski definition) is 0. The molecule has 0 spiro atoms. The average molecular weight is 314 g/mol. The van der Waals surface area contributed by atoms with E-state index in [1.807, 2.05) is 30.7 Å². The summed E-state index contributed by atoms with van der Waals surface area (Å²) in [7, 11) is 1.86. The van der Waals surface area contributed by atoms with Gasteiger partial charge in [0.05, 0.1) is 4.91 Å². The third-order valence-corrected chi connectivity index (χ3v) is 5.26. The van der Waals surface area contributed by atoms with Gasteiger partial charge in [-0.05, 0) is 55.7 Å². The maximum Gasteiger partial charge on any atom is 0.286 e. The number of rotatable bonds is 1. The van der Waals surface area contributed by atoms with Gasteiger partial charge in [0.1, 0.15) is 11.8 Å². The Morgan fingerprint density at radius 3 is 2.73 bits per heavy atom. The largest absolute Gasteiger partial charge is 0.351 e. The molecule has 114 valence electrons. The van der Waals surface area contributed by atoms with E-state index in [-0.39, 0.29) is 5.91 Å². The molecule has 0 N–H and O–H groups in total. The number of hydrogen-bond acceptors (Lipinski definition) is 4. The van der Waals surface area contributed by atoms with E-state index >= 15 is 0 Å². The van der Waals surface area contributed by atoms with Gasteiger partial charge in [0.25, 0.3) is 5.91 Å². The number of likely N-dealkylation sites (tertiary alicyclic amines) is 1. The van der Waals surface area contributed by atoms with Gasteiger partial charge in [-0.2, -0.15) is 10.3 Å². The van der Waals surface area contributed by atoms with Gasteiger partial charge in [-0.1, -0.05) is 0 Å². The minimum atomic E-state index is -0.174. The Morgan fingerprint density at radius 1 is 1.36 bits per heavy atom. The predicted molar refractivity (Wildman–Crippen MR) is 88.3 cm³/mol. The normalized spacial score (nSPS) is 20.4. The van der Waals surface area contributed by atoms with Crippen molar-refractivity contribution in [1.29, 1.82) is 5.26 Å². The Labute approximate surface area is 134 Å². The van der Waals surface area contributed by atoms with Gasteiger partial charge >= 0.3 is 0 Å². The third kappa shape index (κ3) is 2.69. The number of aromatic nitrogens is 1. The zero-order valence-electron chi connectivity index (χ0n) is 12.8. The third-order valence-electron chi connectivity index (χ3n) is 4.21. The molecule has 0 atom stereocenters. The van der Waals surface area contributed by atoms with Crippen LogP contribution in [0, 0.1) is 18.3 Å². The Morgan fingerprint density at radius 2 is 2.09 bits per heavy atom. The first-order valence-corrected chi connectivity index (χ1v) is 8.25. The highest BCUT2D eigenvalue weighted by Crippen LogP contribution is 2.32. The van der Waals surface area contributed by atoms with Crippen molar-refractivity contribution >= 4 is 28.9 Å². The van der Waals surface area contributed by atoms with Gasteiger partial charge < -0.3 is 9.47 Å². The van der Waals surface area contributed by atoms with Crippen LogP contribution < -0.4 is 0 Å². The van der Waals surface area contributed by atoms with Crippen molar-refractivity contribution in [3.8, 4) is 6.07 Å². The van der Waals surface area contributed by atoms with E-state index in [0.29, 0.717) is 10.6 Å². The van der Waals surface area contributed by atoms with Crippen LogP contribution in [0.5, 0.6) is 0 Å². The molecule has 1 aromatic heterocycles. The van der Waals surface area contributed by atoms with Gasteiger partial charge in [-0.15, -0.1) is 0 Å². The van der Waals surface area contributed by atoms with Gasteiger partial charge in [-0.3, -0.25) is 4.79 Å². The molecular formula is C16H18N4OS. The Bertz CT molecular complexity index is 717. The summed E-state index contributed by atoms with van der Waals surface area (Å²) in [6.07, 6.45) is 5.43. The number of nitriles is 1. The first-order valence-electron chi connectivity index (χ1n) is 7.44. The molecule has 0 aromatic carbocycles. The number of carbonyl (C=O) groups excluding carboxylic acids is 1. The fourth-order valence-corrected chi connectivity index (χ4v) is 3.69. The lowest BCUT2D eigenvalue weighted by Gasteiger charge is -2.27. The first-order chi connectivity index (χ1) is 10.6. The first kappa shape index (κ1) is 14.9. The SMILES string of the molecule is Cc1c(/C=C2/SC(N3CCCCC3)=NC2=O)cc(C#N)n1C. The summed E-state index contributed by atoms with van der Waals surface area (Å²) in [5.41, 5.74) is 2.48. The minimum absolute atomic E-state index is 0.174. The Balaban J connectivity index is 1.82. The quantitative estimate of drug-likeness (QED) is 0.748. The molecule has 0 aliphatic carbocycles. The van der Waals surface area contributed by atoms with E-state index in [4.69, 9.17) is 5.26 Å². The van der Waals surface area contributed by atoms with Crippen LogP contribution in [0.2, 0.25) is 0 Å². The molecule has 1 aromatic rings. The van der Waals surface area contributed by atoms with Crippen molar-refractivity contribution in [3.63, 3.8) is 0 Å². The topological polar surface area (TPSA) is 61.4 Å². The van der Waals surface area contributed by atoms with Crippen LogP contribution in [0.25, 0.3) is 6.08 Å². The molecule has 5 nitrogen and oxygen atoms in total. The van der Waals surface area contributed by atoms with Crippen LogP contribution in [-0.2, 0) is 11.8 Å². The van der Waals surface area contributed by atoms with Gasteiger partial charge in [-0.25, -0.2) is 0 Å². The average Bonchev–Trinajstić information content (AvgIpc) is 3.03. The van der Waals surface area contributed by atoms with Crippen LogP contribution in [0.1, 0.15) is 36.2 Å². The van der Waals surface area contributed by atoms with Crippen molar-refractivity contribution < 1.29 is 4.79 Å². The highest BCUT2D eigenvalue weighted by molar-refractivity contribution is 8.18. The lowest BCUT2D eigenvalue weighted by Crippen LogP contribution is -2.33. The second-order valence-corrected chi connectivity index (χ2v) is 6.61. The Hall–Kier alpha value is -2.00. The fourth-order valence-electron chi connectivity index (χ4n) is 2.74.